The van der Waals surface area contributed by atoms with Crippen LogP contribution in [0.25, 0.3) is 0 Å². The first-order valence-electron chi connectivity index (χ1n) is 13.9. The summed E-state index contributed by atoms with van der Waals surface area (Å²) < 4.78 is 7.05. The highest BCUT2D eigenvalue weighted by Gasteiger charge is 2.32. The SMILES string of the molecule is Cc1ccccc1CN(C(=O)COc1cc(C)c(Br)c(C)c1)[C@H](Cc1ccccc1)C(=O)NC1CCCCC1. The summed E-state index contributed by atoms with van der Waals surface area (Å²) in [7, 11) is 0. The van der Waals surface area contributed by atoms with E-state index in [4.69, 9.17) is 4.74 Å². The molecular formula is C33H39BrN2O3. The fourth-order valence-corrected chi connectivity index (χ4v) is 5.52. The number of amides is 2. The molecule has 1 saturated carbocycles. The van der Waals surface area contributed by atoms with E-state index in [9.17, 15) is 9.59 Å². The number of carbonyl (C=O) groups excluding carboxylic acids is 2. The number of ether oxygens (including phenoxy) is 1. The van der Waals surface area contributed by atoms with E-state index >= 15 is 0 Å². The Morgan fingerprint density at radius 3 is 2.23 bits per heavy atom. The lowest BCUT2D eigenvalue weighted by molar-refractivity contribution is -0.143. The molecule has 1 atom stereocenters. The van der Waals surface area contributed by atoms with Crippen LogP contribution in [0.3, 0.4) is 0 Å². The quantitative estimate of drug-likeness (QED) is 0.281. The molecule has 3 aromatic rings. The number of aryl methyl sites for hydroxylation is 3. The average Bonchev–Trinajstić information content (AvgIpc) is 2.94. The summed E-state index contributed by atoms with van der Waals surface area (Å²) in [5, 5.41) is 3.29. The summed E-state index contributed by atoms with van der Waals surface area (Å²) in [6.45, 7) is 6.23. The van der Waals surface area contributed by atoms with Crippen molar-refractivity contribution in [3.63, 3.8) is 0 Å². The number of rotatable bonds is 10. The summed E-state index contributed by atoms with van der Waals surface area (Å²) in [6.07, 6.45) is 5.87. The number of carbonyl (C=O) groups is 2. The number of hydrogen-bond acceptors (Lipinski definition) is 3. The van der Waals surface area contributed by atoms with Crippen molar-refractivity contribution in [3.8, 4) is 5.75 Å². The third-order valence-electron chi connectivity index (χ3n) is 7.60. The molecule has 206 valence electrons. The minimum absolute atomic E-state index is 0.0944. The zero-order chi connectivity index (χ0) is 27.8. The van der Waals surface area contributed by atoms with Crippen LogP contribution >= 0.6 is 15.9 Å². The first kappa shape index (κ1) is 28.9. The summed E-state index contributed by atoms with van der Waals surface area (Å²) in [5.41, 5.74) is 5.21. The molecule has 3 aromatic carbocycles. The molecule has 2 amide bonds. The second kappa shape index (κ2) is 13.8. The van der Waals surface area contributed by atoms with Gasteiger partial charge in [-0.15, -0.1) is 0 Å². The average molecular weight is 592 g/mol. The molecule has 1 aliphatic carbocycles. The molecule has 0 bridgehead atoms. The summed E-state index contributed by atoms with van der Waals surface area (Å²) in [6, 6.07) is 21.3. The van der Waals surface area contributed by atoms with Gasteiger partial charge in [0.15, 0.2) is 6.61 Å². The highest BCUT2D eigenvalue weighted by molar-refractivity contribution is 9.10. The van der Waals surface area contributed by atoms with Gasteiger partial charge in [-0.2, -0.15) is 0 Å². The zero-order valence-electron chi connectivity index (χ0n) is 23.2. The van der Waals surface area contributed by atoms with Crippen molar-refractivity contribution >= 4 is 27.7 Å². The Labute approximate surface area is 241 Å². The van der Waals surface area contributed by atoms with E-state index in [1.807, 2.05) is 87.5 Å². The molecule has 5 nitrogen and oxygen atoms in total. The Hall–Kier alpha value is -3.12. The Balaban J connectivity index is 1.63. The first-order valence-corrected chi connectivity index (χ1v) is 14.7. The van der Waals surface area contributed by atoms with Crippen molar-refractivity contribution in [2.75, 3.05) is 6.61 Å². The van der Waals surface area contributed by atoms with Crippen LogP contribution in [-0.2, 0) is 22.6 Å². The molecule has 0 spiro atoms. The molecule has 1 fully saturated rings. The van der Waals surface area contributed by atoms with Gasteiger partial charge < -0.3 is 15.0 Å². The molecular weight excluding hydrogens is 552 g/mol. The summed E-state index contributed by atoms with van der Waals surface area (Å²) >= 11 is 3.59. The highest BCUT2D eigenvalue weighted by atomic mass is 79.9. The Morgan fingerprint density at radius 2 is 1.56 bits per heavy atom. The van der Waals surface area contributed by atoms with Gasteiger partial charge in [-0.3, -0.25) is 9.59 Å². The Morgan fingerprint density at radius 1 is 0.923 bits per heavy atom. The zero-order valence-corrected chi connectivity index (χ0v) is 24.8. The van der Waals surface area contributed by atoms with Gasteiger partial charge in [-0.05, 0) is 73.6 Å². The van der Waals surface area contributed by atoms with Crippen molar-refractivity contribution in [2.24, 2.45) is 0 Å². The van der Waals surface area contributed by atoms with Crippen molar-refractivity contribution in [1.29, 1.82) is 0 Å². The standard InChI is InChI=1S/C33H39BrN2O3/c1-23-12-10-11-15-27(23)21-36(31(37)22-39-29-18-24(2)32(34)25(3)19-29)30(20-26-13-6-4-7-14-26)33(38)35-28-16-8-5-9-17-28/h4,6-7,10-15,18-19,28,30H,5,8-9,16-17,20-22H2,1-3H3,(H,35,38)/t30-/m1/s1. The van der Waals surface area contributed by atoms with E-state index in [-0.39, 0.29) is 24.5 Å². The first-order chi connectivity index (χ1) is 18.8. The lowest BCUT2D eigenvalue weighted by Crippen LogP contribution is -2.53. The Bertz CT molecular complexity index is 1250. The maximum Gasteiger partial charge on any atom is 0.261 e. The van der Waals surface area contributed by atoms with Crippen molar-refractivity contribution in [1.82, 2.24) is 10.2 Å². The molecule has 0 unspecified atom stereocenters. The van der Waals surface area contributed by atoms with Crippen LogP contribution in [0.1, 0.15) is 59.9 Å². The van der Waals surface area contributed by atoms with Gasteiger partial charge in [0, 0.05) is 23.5 Å². The van der Waals surface area contributed by atoms with E-state index in [1.54, 1.807) is 4.90 Å². The highest BCUT2D eigenvalue weighted by Crippen LogP contribution is 2.27. The third-order valence-corrected chi connectivity index (χ3v) is 8.85. The largest absolute Gasteiger partial charge is 0.484 e. The van der Waals surface area contributed by atoms with E-state index in [0.29, 0.717) is 18.7 Å². The molecule has 0 aromatic heterocycles. The van der Waals surface area contributed by atoms with Crippen molar-refractivity contribution < 1.29 is 14.3 Å². The predicted octanol–water partition coefficient (Wildman–Crippen LogP) is 6.84. The van der Waals surface area contributed by atoms with Gasteiger partial charge in [0.1, 0.15) is 11.8 Å². The third kappa shape index (κ3) is 7.95. The summed E-state index contributed by atoms with van der Waals surface area (Å²) in [4.78, 5) is 29.5. The van der Waals surface area contributed by atoms with Gasteiger partial charge in [-0.1, -0.05) is 89.8 Å². The topological polar surface area (TPSA) is 58.6 Å². The smallest absolute Gasteiger partial charge is 0.261 e. The molecule has 39 heavy (non-hydrogen) atoms. The van der Waals surface area contributed by atoms with Gasteiger partial charge in [0.25, 0.3) is 5.91 Å². The van der Waals surface area contributed by atoms with Gasteiger partial charge in [0.05, 0.1) is 0 Å². The minimum Gasteiger partial charge on any atom is -0.484 e. The second-order valence-electron chi connectivity index (χ2n) is 10.7. The van der Waals surface area contributed by atoms with Crippen LogP contribution in [-0.4, -0.2) is 35.4 Å². The molecule has 0 radical (unpaired) electrons. The van der Waals surface area contributed by atoms with Crippen LogP contribution in [0.15, 0.2) is 71.2 Å². The molecule has 0 saturated heterocycles. The minimum atomic E-state index is -0.654. The molecule has 0 heterocycles. The van der Waals surface area contributed by atoms with Crippen molar-refractivity contribution in [2.45, 2.75) is 77.9 Å². The van der Waals surface area contributed by atoms with Crippen LogP contribution in [0.2, 0.25) is 0 Å². The van der Waals surface area contributed by atoms with Gasteiger partial charge in [-0.25, -0.2) is 0 Å². The molecule has 1 aliphatic rings. The predicted molar refractivity (Wildman–Crippen MR) is 160 cm³/mol. The Kier molecular flexibility index (Phi) is 10.2. The van der Waals surface area contributed by atoms with E-state index in [0.717, 1.165) is 58.0 Å². The van der Waals surface area contributed by atoms with Crippen LogP contribution < -0.4 is 10.1 Å². The number of hydrogen-bond donors (Lipinski definition) is 1. The molecule has 4 rings (SSSR count). The fraction of sp³-hybridized carbons (Fsp3) is 0.394. The molecule has 0 aliphatic heterocycles. The second-order valence-corrected chi connectivity index (χ2v) is 11.4. The van der Waals surface area contributed by atoms with Crippen LogP contribution in [0.5, 0.6) is 5.75 Å². The monoisotopic (exact) mass is 590 g/mol. The summed E-state index contributed by atoms with van der Waals surface area (Å²) in [5.74, 6) is 0.336. The van der Waals surface area contributed by atoms with E-state index in [1.165, 1.54) is 6.42 Å². The normalized spacial score (nSPS) is 14.5. The number of nitrogens with zero attached hydrogens (tertiary/aromatic N) is 1. The maximum atomic E-state index is 13.9. The molecule has 6 heteroatoms. The van der Waals surface area contributed by atoms with Crippen LogP contribution in [0, 0.1) is 20.8 Å². The van der Waals surface area contributed by atoms with Gasteiger partial charge >= 0.3 is 0 Å². The van der Waals surface area contributed by atoms with Gasteiger partial charge in [0.2, 0.25) is 5.91 Å². The van der Waals surface area contributed by atoms with E-state index < -0.39 is 6.04 Å². The fourth-order valence-electron chi connectivity index (χ4n) is 5.29. The molecule has 1 N–H and O–H groups in total. The lowest BCUT2D eigenvalue weighted by Gasteiger charge is -2.33. The van der Waals surface area contributed by atoms with Crippen LogP contribution in [0.4, 0.5) is 0 Å². The maximum absolute atomic E-state index is 13.9. The van der Waals surface area contributed by atoms with E-state index in [2.05, 4.69) is 21.2 Å². The number of nitrogens with one attached hydrogen (secondary N) is 1. The number of benzene rings is 3. The lowest BCUT2D eigenvalue weighted by atomic mass is 9.94. The van der Waals surface area contributed by atoms with Crippen molar-refractivity contribution in [3.05, 3.63) is 99.0 Å². The number of halogens is 1.